The molecule has 0 aromatic rings. The van der Waals surface area contributed by atoms with Gasteiger partial charge in [-0.3, -0.25) is 10.9 Å². The quantitative estimate of drug-likeness (QED) is 0.443. The fraction of sp³-hybridized carbons (Fsp3) is 1.00. The highest BCUT2D eigenvalue weighted by Gasteiger charge is 2.18. The van der Waals surface area contributed by atoms with E-state index in [1.54, 1.807) is 0 Å². The second kappa shape index (κ2) is 1.99. The van der Waals surface area contributed by atoms with Crippen LogP contribution < -0.4 is 10.9 Å². The summed E-state index contributed by atoms with van der Waals surface area (Å²) in [5.41, 5.74) is 5.93. The van der Waals surface area contributed by atoms with E-state index in [-0.39, 0.29) is 5.38 Å². The molecule has 1 aliphatic rings. The van der Waals surface area contributed by atoms with Crippen LogP contribution in [-0.4, -0.2) is 18.0 Å². The van der Waals surface area contributed by atoms with Crippen LogP contribution in [0.2, 0.25) is 0 Å². The Bertz CT molecular complexity index is 58.7. The number of halogens is 1. The molecule has 0 aromatic carbocycles. The van der Waals surface area contributed by atoms with Gasteiger partial charge in [0, 0.05) is 12.6 Å². The standard InChI is InChI=1S/C4H9ClN2/c1-3-4(5)2-6-7-3/h3-4,6-7H,2H2,1H3. The van der Waals surface area contributed by atoms with Crippen molar-refractivity contribution in [3.8, 4) is 0 Å². The lowest BCUT2D eigenvalue weighted by Gasteiger charge is -2.01. The molecule has 2 atom stereocenters. The molecule has 0 saturated carbocycles. The van der Waals surface area contributed by atoms with Gasteiger partial charge in [0.15, 0.2) is 0 Å². The van der Waals surface area contributed by atoms with E-state index in [9.17, 15) is 0 Å². The Hall–Kier alpha value is 0.210. The number of alkyl halides is 1. The molecule has 0 amide bonds. The first kappa shape index (κ1) is 5.35. The van der Waals surface area contributed by atoms with Crippen LogP contribution in [0.5, 0.6) is 0 Å². The number of hydrogen-bond acceptors (Lipinski definition) is 2. The minimum Gasteiger partial charge on any atom is -0.256 e. The van der Waals surface area contributed by atoms with Crippen molar-refractivity contribution in [3.05, 3.63) is 0 Å². The molecule has 42 valence electrons. The van der Waals surface area contributed by atoms with Gasteiger partial charge in [-0.25, -0.2) is 0 Å². The van der Waals surface area contributed by atoms with Crippen LogP contribution >= 0.6 is 11.6 Å². The lowest BCUT2D eigenvalue weighted by atomic mass is 10.3. The fourth-order valence-electron chi connectivity index (χ4n) is 0.585. The Morgan fingerprint density at radius 3 is 2.57 bits per heavy atom. The molecule has 1 fully saturated rings. The van der Waals surface area contributed by atoms with E-state index in [1.807, 2.05) is 0 Å². The van der Waals surface area contributed by atoms with Crippen molar-refractivity contribution in [2.24, 2.45) is 0 Å². The van der Waals surface area contributed by atoms with Gasteiger partial charge in [-0.1, -0.05) is 0 Å². The van der Waals surface area contributed by atoms with E-state index in [2.05, 4.69) is 17.8 Å². The van der Waals surface area contributed by atoms with Crippen molar-refractivity contribution in [2.75, 3.05) is 6.54 Å². The maximum absolute atomic E-state index is 5.74. The van der Waals surface area contributed by atoms with Gasteiger partial charge in [0.1, 0.15) is 0 Å². The third kappa shape index (κ3) is 1.06. The second-order valence-electron chi connectivity index (χ2n) is 1.83. The molecule has 1 saturated heterocycles. The maximum Gasteiger partial charge on any atom is 0.0638 e. The summed E-state index contributed by atoms with van der Waals surface area (Å²) in [6, 6.07) is 0.418. The summed E-state index contributed by atoms with van der Waals surface area (Å²) >= 11 is 5.74. The van der Waals surface area contributed by atoms with Gasteiger partial charge >= 0.3 is 0 Å². The molecule has 2 unspecified atom stereocenters. The predicted octanol–water partition coefficient (Wildman–Crippen LogP) is 0.0901. The summed E-state index contributed by atoms with van der Waals surface area (Å²) in [4.78, 5) is 0. The highest BCUT2D eigenvalue weighted by Crippen LogP contribution is 2.03. The molecule has 1 heterocycles. The van der Waals surface area contributed by atoms with Crippen LogP contribution in [0.3, 0.4) is 0 Å². The van der Waals surface area contributed by atoms with Gasteiger partial charge in [0.25, 0.3) is 0 Å². The summed E-state index contributed by atoms with van der Waals surface area (Å²) in [5.74, 6) is 0. The van der Waals surface area contributed by atoms with Gasteiger partial charge in [-0.05, 0) is 6.92 Å². The lowest BCUT2D eigenvalue weighted by Crippen LogP contribution is -2.28. The topological polar surface area (TPSA) is 24.1 Å². The molecule has 3 heteroatoms. The molecule has 1 aliphatic heterocycles. The Balaban J connectivity index is 2.33. The molecule has 0 bridgehead atoms. The minimum atomic E-state index is 0.264. The minimum absolute atomic E-state index is 0.264. The third-order valence-electron chi connectivity index (χ3n) is 1.17. The predicted molar refractivity (Wildman–Crippen MR) is 30.2 cm³/mol. The lowest BCUT2D eigenvalue weighted by molar-refractivity contribution is 0.595. The average Bonchev–Trinajstić information content (AvgIpc) is 1.91. The van der Waals surface area contributed by atoms with E-state index in [0.29, 0.717) is 6.04 Å². The number of rotatable bonds is 0. The summed E-state index contributed by atoms with van der Waals surface area (Å²) < 4.78 is 0. The molecular formula is C4H9ClN2. The summed E-state index contributed by atoms with van der Waals surface area (Å²) in [6.45, 7) is 2.93. The monoisotopic (exact) mass is 120 g/mol. The number of hydrazine groups is 1. The van der Waals surface area contributed by atoms with Gasteiger partial charge in [0.05, 0.1) is 5.38 Å². The average molecular weight is 121 g/mol. The van der Waals surface area contributed by atoms with Crippen molar-refractivity contribution < 1.29 is 0 Å². The van der Waals surface area contributed by atoms with Crippen molar-refractivity contribution in [2.45, 2.75) is 18.3 Å². The highest BCUT2D eigenvalue weighted by molar-refractivity contribution is 6.21. The van der Waals surface area contributed by atoms with E-state index in [4.69, 9.17) is 11.6 Å². The molecule has 7 heavy (non-hydrogen) atoms. The van der Waals surface area contributed by atoms with Crippen LogP contribution in [0, 0.1) is 0 Å². The van der Waals surface area contributed by atoms with E-state index in [1.165, 1.54) is 0 Å². The van der Waals surface area contributed by atoms with Crippen LogP contribution in [-0.2, 0) is 0 Å². The molecule has 1 rings (SSSR count). The first-order valence-corrected chi connectivity index (χ1v) is 2.87. The van der Waals surface area contributed by atoms with Gasteiger partial charge in [-0.15, -0.1) is 11.6 Å². The first-order chi connectivity index (χ1) is 3.30. The Morgan fingerprint density at radius 2 is 2.43 bits per heavy atom. The van der Waals surface area contributed by atoms with Crippen LogP contribution in [0.1, 0.15) is 6.92 Å². The Labute approximate surface area is 48.2 Å². The second-order valence-corrected chi connectivity index (χ2v) is 2.39. The first-order valence-electron chi connectivity index (χ1n) is 2.43. The Morgan fingerprint density at radius 1 is 1.71 bits per heavy atom. The SMILES string of the molecule is CC1NNCC1Cl. The third-order valence-corrected chi connectivity index (χ3v) is 1.70. The fourth-order valence-corrected chi connectivity index (χ4v) is 0.725. The summed E-state index contributed by atoms with van der Waals surface area (Å²) in [6.07, 6.45) is 0. The van der Waals surface area contributed by atoms with Crippen LogP contribution in [0.15, 0.2) is 0 Å². The largest absolute Gasteiger partial charge is 0.256 e. The highest BCUT2D eigenvalue weighted by atomic mass is 35.5. The van der Waals surface area contributed by atoms with E-state index < -0.39 is 0 Å². The van der Waals surface area contributed by atoms with E-state index >= 15 is 0 Å². The van der Waals surface area contributed by atoms with E-state index in [0.717, 1.165) is 6.54 Å². The normalized spacial score (nSPS) is 42.0. The van der Waals surface area contributed by atoms with Gasteiger partial charge in [0.2, 0.25) is 0 Å². The summed E-state index contributed by atoms with van der Waals surface area (Å²) in [7, 11) is 0. The van der Waals surface area contributed by atoms with Crippen molar-refractivity contribution in [1.29, 1.82) is 0 Å². The number of nitrogens with one attached hydrogen (secondary N) is 2. The zero-order valence-electron chi connectivity index (χ0n) is 4.24. The zero-order valence-corrected chi connectivity index (χ0v) is 5.00. The molecular weight excluding hydrogens is 112 g/mol. The van der Waals surface area contributed by atoms with Crippen molar-refractivity contribution in [1.82, 2.24) is 10.9 Å². The van der Waals surface area contributed by atoms with Crippen molar-refractivity contribution in [3.63, 3.8) is 0 Å². The molecule has 2 N–H and O–H groups in total. The molecule has 2 nitrogen and oxygen atoms in total. The van der Waals surface area contributed by atoms with Gasteiger partial charge < -0.3 is 0 Å². The molecule has 0 aromatic heterocycles. The van der Waals surface area contributed by atoms with Gasteiger partial charge in [-0.2, -0.15) is 0 Å². The maximum atomic E-state index is 5.74. The molecule has 0 aliphatic carbocycles. The summed E-state index contributed by atoms with van der Waals surface area (Å²) in [5, 5.41) is 0.264. The molecule has 0 radical (unpaired) electrons. The van der Waals surface area contributed by atoms with Crippen molar-refractivity contribution >= 4 is 11.6 Å². The smallest absolute Gasteiger partial charge is 0.0638 e. The number of hydrogen-bond donors (Lipinski definition) is 2. The van der Waals surface area contributed by atoms with Crippen LogP contribution in [0.25, 0.3) is 0 Å². The zero-order chi connectivity index (χ0) is 5.28. The van der Waals surface area contributed by atoms with Crippen LogP contribution in [0.4, 0.5) is 0 Å². The molecule has 0 spiro atoms. The Kier molecular flexibility index (Phi) is 1.52.